The van der Waals surface area contributed by atoms with Crippen molar-refractivity contribution in [3.63, 3.8) is 0 Å². The van der Waals surface area contributed by atoms with Gasteiger partial charge in [-0.1, -0.05) is 23.7 Å². The summed E-state index contributed by atoms with van der Waals surface area (Å²) in [7, 11) is 0. The SMILES string of the molecule is CC1(NCc2cccc(Cl)c2F)CCOCC1. The van der Waals surface area contributed by atoms with Crippen LogP contribution in [-0.4, -0.2) is 18.8 Å². The summed E-state index contributed by atoms with van der Waals surface area (Å²) < 4.78 is 19.0. The smallest absolute Gasteiger partial charge is 0.146 e. The van der Waals surface area contributed by atoms with Crippen LogP contribution in [0.25, 0.3) is 0 Å². The first-order chi connectivity index (χ1) is 8.11. The Kier molecular flexibility index (Phi) is 4.02. The molecule has 0 aliphatic carbocycles. The van der Waals surface area contributed by atoms with Crippen LogP contribution in [0, 0.1) is 5.82 Å². The zero-order chi connectivity index (χ0) is 12.3. The summed E-state index contributed by atoms with van der Waals surface area (Å²) >= 11 is 5.75. The molecule has 1 saturated heterocycles. The molecular formula is C13H17ClFNO. The molecule has 0 spiro atoms. The molecule has 2 nitrogen and oxygen atoms in total. The molecule has 0 radical (unpaired) electrons. The van der Waals surface area contributed by atoms with Crippen molar-refractivity contribution in [1.29, 1.82) is 0 Å². The predicted octanol–water partition coefficient (Wildman–Crippen LogP) is 3.14. The Morgan fingerprint density at radius 1 is 1.41 bits per heavy atom. The van der Waals surface area contributed by atoms with Crippen LogP contribution in [0.4, 0.5) is 4.39 Å². The quantitative estimate of drug-likeness (QED) is 0.898. The van der Waals surface area contributed by atoms with E-state index in [9.17, 15) is 4.39 Å². The number of hydrogen-bond donors (Lipinski definition) is 1. The highest BCUT2D eigenvalue weighted by atomic mass is 35.5. The Hall–Kier alpha value is -0.640. The molecular weight excluding hydrogens is 241 g/mol. The minimum absolute atomic E-state index is 0.0347. The number of halogens is 2. The largest absolute Gasteiger partial charge is 0.381 e. The third-order valence-corrected chi connectivity index (χ3v) is 3.63. The van der Waals surface area contributed by atoms with E-state index in [-0.39, 0.29) is 16.4 Å². The maximum atomic E-state index is 13.7. The molecule has 0 saturated carbocycles. The molecule has 1 aliphatic rings. The topological polar surface area (TPSA) is 21.3 Å². The lowest BCUT2D eigenvalue weighted by atomic mass is 9.92. The molecule has 0 aromatic heterocycles. The van der Waals surface area contributed by atoms with Gasteiger partial charge in [0.15, 0.2) is 0 Å². The van der Waals surface area contributed by atoms with Crippen molar-refractivity contribution in [2.45, 2.75) is 31.8 Å². The van der Waals surface area contributed by atoms with Gasteiger partial charge in [-0.2, -0.15) is 0 Å². The number of hydrogen-bond acceptors (Lipinski definition) is 2. The second-order valence-corrected chi connectivity index (χ2v) is 5.15. The number of nitrogens with one attached hydrogen (secondary N) is 1. The van der Waals surface area contributed by atoms with Crippen LogP contribution in [0.3, 0.4) is 0 Å². The molecule has 4 heteroatoms. The molecule has 94 valence electrons. The Bertz CT molecular complexity index is 391. The number of benzene rings is 1. The number of ether oxygens (including phenoxy) is 1. The Labute approximate surface area is 106 Å². The summed E-state index contributed by atoms with van der Waals surface area (Å²) in [6.07, 6.45) is 1.91. The van der Waals surface area contributed by atoms with Gasteiger partial charge in [0.25, 0.3) is 0 Å². The van der Waals surface area contributed by atoms with Crippen molar-refractivity contribution < 1.29 is 9.13 Å². The molecule has 1 N–H and O–H groups in total. The lowest BCUT2D eigenvalue weighted by molar-refractivity contribution is 0.0445. The lowest BCUT2D eigenvalue weighted by Gasteiger charge is -2.34. The van der Waals surface area contributed by atoms with E-state index >= 15 is 0 Å². The summed E-state index contributed by atoms with van der Waals surface area (Å²) in [6.45, 7) is 4.18. The molecule has 1 aromatic carbocycles. The molecule has 0 unspecified atom stereocenters. The minimum atomic E-state index is -0.322. The van der Waals surface area contributed by atoms with Crippen LogP contribution in [0.15, 0.2) is 18.2 Å². The van der Waals surface area contributed by atoms with Crippen molar-refractivity contribution in [2.24, 2.45) is 0 Å². The van der Waals surface area contributed by atoms with Crippen molar-refractivity contribution in [2.75, 3.05) is 13.2 Å². The fourth-order valence-corrected chi connectivity index (χ4v) is 2.19. The van der Waals surface area contributed by atoms with Crippen LogP contribution in [0.1, 0.15) is 25.3 Å². The van der Waals surface area contributed by atoms with Crippen LogP contribution in [-0.2, 0) is 11.3 Å². The van der Waals surface area contributed by atoms with Crippen molar-refractivity contribution >= 4 is 11.6 Å². The zero-order valence-electron chi connectivity index (χ0n) is 9.93. The summed E-state index contributed by atoms with van der Waals surface area (Å²) in [5.41, 5.74) is 0.651. The second-order valence-electron chi connectivity index (χ2n) is 4.74. The van der Waals surface area contributed by atoms with Gasteiger partial charge < -0.3 is 10.1 Å². The molecule has 2 rings (SSSR count). The Morgan fingerprint density at radius 2 is 2.12 bits per heavy atom. The average Bonchev–Trinajstić information content (AvgIpc) is 2.32. The second kappa shape index (κ2) is 5.34. The van der Waals surface area contributed by atoms with E-state index < -0.39 is 0 Å². The highest BCUT2D eigenvalue weighted by molar-refractivity contribution is 6.30. The normalized spacial score (nSPS) is 19.2. The van der Waals surface area contributed by atoms with Crippen molar-refractivity contribution in [3.05, 3.63) is 34.6 Å². The molecule has 17 heavy (non-hydrogen) atoms. The van der Waals surface area contributed by atoms with Gasteiger partial charge in [-0.3, -0.25) is 0 Å². The van der Waals surface area contributed by atoms with E-state index in [1.54, 1.807) is 18.2 Å². The van der Waals surface area contributed by atoms with Gasteiger partial charge >= 0.3 is 0 Å². The van der Waals surface area contributed by atoms with Crippen molar-refractivity contribution in [3.8, 4) is 0 Å². The monoisotopic (exact) mass is 257 g/mol. The van der Waals surface area contributed by atoms with Gasteiger partial charge in [0.1, 0.15) is 5.82 Å². The van der Waals surface area contributed by atoms with E-state index in [1.165, 1.54) is 0 Å². The highest BCUT2D eigenvalue weighted by Crippen LogP contribution is 2.22. The van der Waals surface area contributed by atoms with Gasteiger partial charge in [-0.25, -0.2) is 4.39 Å². The third kappa shape index (κ3) is 3.18. The summed E-state index contributed by atoms with van der Waals surface area (Å²) in [4.78, 5) is 0. The fraction of sp³-hybridized carbons (Fsp3) is 0.538. The standard InChI is InChI=1S/C13H17ClFNO/c1-13(5-7-17-8-6-13)16-9-10-3-2-4-11(14)12(10)15/h2-4,16H,5-9H2,1H3. The van der Waals surface area contributed by atoms with Gasteiger partial charge in [0.2, 0.25) is 0 Å². The highest BCUT2D eigenvalue weighted by Gasteiger charge is 2.26. The van der Waals surface area contributed by atoms with Gasteiger partial charge in [0, 0.05) is 30.9 Å². The average molecular weight is 258 g/mol. The van der Waals surface area contributed by atoms with E-state index in [4.69, 9.17) is 16.3 Å². The van der Waals surface area contributed by atoms with Crippen LogP contribution < -0.4 is 5.32 Å². The lowest BCUT2D eigenvalue weighted by Crippen LogP contribution is -2.46. The predicted molar refractivity (Wildman–Crippen MR) is 66.7 cm³/mol. The van der Waals surface area contributed by atoms with E-state index in [0.29, 0.717) is 12.1 Å². The fourth-order valence-electron chi connectivity index (χ4n) is 1.99. The first kappa shape index (κ1) is 12.8. The minimum Gasteiger partial charge on any atom is -0.381 e. The molecule has 0 bridgehead atoms. The van der Waals surface area contributed by atoms with E-state index in [2.05, 4.69) is 12.2 Å². The summed E-state index contributed by atoms with van der Waals surface area (Å²) in [6, 6.07) is 5.10. The van der Waals surface area contributed by atoms with Gasteiger partial charge in [-0.05, 0) is 25.8 Å². The molecule has 0 atom stereocenters. The Morgan fingerprint density at radius 3 is 2.82 bits per heavy atom. The molecule has 0 amide bonds. The van der Waals surface area contributed by atoms with Crippen molar-refractivity contribution in [1.82, 2.24) is 5.32 Å². The summed E-state index contributed by atoms with van der Waals surface area (Å²) in [5, 5.41) is 3.59. The molecule has 1 aromatic rings. The van der Waals surface area contributed by atoms with Crippen LogP contribution in [0.5, 0.6) is 0 Å². The van der Waals surface area contributed by atoms with Crippen LogP contribution >= 0.6 is 11.6 Å². The van der Waals surface area contributed by atoms with Gasteiger partial charge in [-0.15, -0.1) is 0 Å². The van der Waals surface area contributed by atoms with Gasteiger partial charge in [0.05, 0.1) is 5.02 Å². The molecule has 1 fully saturated rings. The van der Waals surface area contributed by atoms with E-state index in [1.807, 2.05) is 0 Å². The Balaban J connectivity index is 1.99. The van der Waals surface area contributed by atoms with E-state index in [0.717, 1.165) is 26.1 Å². The third-order valence-electron chi connectivity index (χ3n) is 3.33. The maximum Gasteiger partial charge on any atom is 0.146 e. The maximum absolute atomic E-state index is 13.7. The van der Waals surface area contributed by atoms with Crippen LogP contribution in [0.2, 0.25) is 5.02 Å². The first-order valence-electron chi connectivity index (χ1n) is 5.86. The first-order valence-corrected chi connectivity index (χ1v) is 6.24. The summed E-state index contributed by atoms with van der Waals surface area (Å²) in [5.74, 6) is -0.322. The molecule has 1 aliphatic heterocycles. The number of rotatable bonds is 3. The molecule has 1 heterocycles. The zero-order valence-corrected chi connectivity index (χ0v) is 10.7.